The summed E-state index contributed by atoms with van der Waals surface area (Å²) in [5.74, 6) is 0.416. The summed E-state index contributed by atoms with van der Waals surface area (Å²) in [5.41, 5.74) is -0.0343. The highest BCUT2D eigenvalue weighted by Gasteiger charge is 2.25. The maximum absolute atomic E-state index is 12.0. The molecule has 1 aliphatic carbocycles. The van der Waals surface area contributed by atoms with E-state index >= 15 is 0 Å². The SMILES string of the molecule is COCC(C)Nc1nccn(C2CC2)c1=O. The first-order valence-electron chi connectivity index (χ1n) is 5.55. The third-order valence-corrected chi connectivity index (χ3v) is 2.61. The average molecular weight is 223 g/mol. The van der Waals surface area contributed by atoms with Gasteiger partial charge in [-0.25, -0.2) is 4.98 Å². The van der Waals surface area contributed by atoms with Gasteiger partial charge in [-0.15, -0.1) is 0 Å². The van der Waals surface area contributed by atoms with Gasteiger partial charge in [0.15, 0.2) is 5.82 Å². The first-order chi connectivity index (χ1) is 7.72. The molecule has 16 heavy (non-hydrogen) atoms. The second-order valence-corrected chi connectivity index (χ2v) is 4.22. The zero-order chi connectivity index (χ0) is 11.5. The molecule has 0 aliphatic heterocycles. The van der Waals surface area contributed by atoms with Crippen LogP contribution in [0.4, 0.5) is 5.82 Å². The molecule has 0 saturated heterocycles. The van der Waals surface area contributed by atoms with E-state index in [2.05, 4.69) is 10.3 Å². The van der Waals surface area contributed by atoms with Crippen LogP contribution in [0, 0.1) is 0 Å². The summed E-state index contributed by atoms with van der Waals surface area (Å²) in [7, 11) is 1.64. The normalized spacial score (nSPS) is 17.1. The van der Waals surface area contributed by atoms with Crippen molar-refractivity contribution in [1.82, 2.24) is 9.55 Å². The van der Waals surface area contributed by atoms with Crippen LogP contribution in [0.15, 0.2) is 17.2 Å². The van der Waals surface area contributed by atoms with E-state index in [4.69, 9.17) is 4.74 Å². The summed E-state index contributed by atoms with van der Waals surface area (Å²) in [6.45, 7) is 2.51. The van der Waals surface area contributed by atoms with Gasteiger partial charge in [0, 0.05) is 31.6 Å². The lowest BCUT2D eigenvalue weighted by molar-refractivity contribution is 0.190. The van der Waals surface area contributed by atoms with Gasteiger partial charge in [-0.2, -0.15) is 0 Å². The first-order valence-corrected chi connectivity index (χ1v) is 5.55. The van der Waals surface area contributed by atoms with Crippen LogP contribution < -0.4 is 10.9 Å². The van der Waals surface area contributed by atoms with Gasteiger partial charge in [-0.3, -0.25) is 4.79 Å². The molecule has 88 valence electrons. The van der Waals surface area contributed by atoms with Crippen LogP contribution in [0.1, 0.15) is 25.8 Å². The minimum atomic E-state index is -0.0343. The van der Waals surface area contributed by atoms with Gasteiger partial charge in [0.05, 0.1) is 6.61 Å². The molecule has 1 aromatic heterocycles. The van der Waals surface area contributed by atoms with Crippen molar-refractivity contribution in [3.05, 3.63) is 22.7 Å². The van der Waals surface area contributed by atoms with Crippen molar-refractivity contribution >= 4 is 5.82 Å². The molecule has 1 N–H and O–H groups in total. The fourth-order valence-electron chi connectivity index (χ4n) is 1.69. The van der Waals surface area contributed by atoms with Crippen molar-refractivity contribution in [3.8, 4) is 0 Å². The van der Waals surface area contributed by atoms with E-state index in [0.717, 1.165) is 12.8 Å². The number of hydrogen-bond donors (Lipinski definition) is 1. The summed E-state index contributed by atoms with van der Waals surface area (Å²) in [5, 5.41) is 3.06. The molecule has 1 atom stereocenters. The molecule has 1 fully saturated rings. The molecule has 0 radical (unpaired) electrons. The lowest BCUT2D eigenvalue weighted by atomic mass is 10.3. The van der Waals surface area contributed by atoms with Gasteiger partial charge < -0.3 is 14.6 Å². The standard InChI is InChI=1S/C11H17N3O2/c1-8(7-16-2)13-10-11(15)14(6-5-12-10)9-3-4-9/h5-6,8-9H,3-4,7H2,1-2H3,(H,12,13). The third kappa shape index (κ3) is 2.41. The number of hydrogen-bond acceptors (Lipinski definition) is 4. The quantitative estimate of drug-likeness (QED) is 0.810. The second kappa shape index (κ2) is 4.65. The minimum Gasteiger partial charge on any atom is -0.383 e. The Morgan fingerprint density at radius 3 is 3.06 bits per heavy atom. The zero-order valence-electron chi connectivity index (χ0n) is 9.64. The molecule has 5 heteroatoms. The molecule has 0 bridgehead atoms. The Hall–Kier alpha value is -1.36. The minimum absolute atomic E-state index is 0.0343. The number of nitrogens with zero attached hydrogens (tertiary/aromatic N) is 2. The van der Waals surface area contributed by atoms with E-state index < -0.39 is 0 Å². The van der Waals surface area contributed by atoms with E-state index in [1.54, 1.807) is 24.1 Å². The van der Waals surface area contributed by atoms with E-state index in [1.165, 1.54) is 0 Å². The van der Waals surface area contributed by atoms with E-state index in [-0.39, 0.29) is 11.6 Å². The predicted molar refractivity (Wildman–Crippen MR) is 61.7 cm³/mol. The fourth-order valence-corrected chi connectivity index (χ4v) is 1.69. The second-order valence-electron chi connectivity index (χ2n) is 4.22. The Bertz CT molecular complexity index is 412. The number of methoxy groups -OCH3 is 1. The number of aromatic nitrogens is 2. The van der Waals surface area contributed by atoms with Crippen molar-refractivity contribution in [2.24, 2.45) is 0 Å². The monoisotopic (exact) mass is 223 g/mol. The van der Waals surface area contributed by atoms with E-state index in [9.17, 15) is 4.79 Å². The average Bonchev–Trinajstić information content (AvgIpc) is 3.05. The largest absolute Gasteiger partial charge is 0.383 e. The van der Waals surface area contributed by atoms with Gasteiger partial charge in [0.2, 0.25) is 0 Å². The van der Waals surface area contributed by atoms with Gasteiger partial charge in [-0.1, -0.05) is 0 Å². The highest BCUT2D eigenvalue weighted by atomic mass is 16.5. The summed E-state index contributed by atoms with van der Waals surface area (Å²) in [6.07, 6.45) is 5.61. The summed E-state index contributed by atoms with van der Waals surface area (Å²) in [4.78, 5) is 16.1. The Morgan fingerprint density at radius 1 is 1.69 bits per heavy atom. The fraction of sp³-hybridized carbons (Fsp3) is 0.636. The Morgan fingerprint density at radius 2 is 2.44 bits per heavy atom. The molecule has 1 aliphatic rings. The van der Waals surface area contributed by atoms with Crippen LogP contribution in [0.2, 0.25) is 0 Å². The predicted octanol–water partition coefficient (Wildman–Crippen LogP) is 1.02. The smallest absolute Gasteiger partial charge is 0.293 e. The number of rotatable bonds is 5. The van der Waals surface area contributed by atoms with Crippen LogP contribution in [0.25, 0.3) is 0 Å². The highest BCUT2D eigenvalue weighted by molar-refractivity contribution is 5.32. The summed E-state index contributed by atoms with van der Waals surface area (Å²) >= 11 is 0. The maximum Gasteiger partial charge on any atom is 0.293 e. The zero-order valence-corrected chi connectivity index (χ0v) is 9.64. The molecule has 0 spiro atoms. The highest BCUT2D eigenvalue weighted by Crippen LogP contribution is 2.33. The van der Waals surface area contributed by atoms with Crippen molar-refractivity contribution in [2.75, 3.05) is 19.0 Å². The summed E-state index contributed by atoms with van der Waals surface area (Å²) < 4.78 is 6.77. The summed E-state index contributed by atoms with van der Waals surface area (Å²) in [6, 6.07) is 0.467. The molecule has 2 rings (SSSR count). The van der Waals surface area contributed by atoms with Gasteiger partial charge in [-0.05, 0) is 19.8 Å². The maximum atomic E-state index is 12.0. The van der Waals surface area contributed by atoms with E-state index in [1.807, 2.05) is 6.92 Å². The Kier molecular flexibility index (Phi) is 3.24. The molecular formula is C11H17N3O2. The molecule has 0 amide bonds. The molecule has 1 aromatic rings. The van der Waals surface area contributed by atoms with Gasteiger partial charge >= 0.3 is 0 Å². The van der Waals surface area contributed by atoms with Crippen molar-refractivity contribution < 1.29 is 4.74 Å². The lowest BCUT2D eigenvalue weighted by Crippen LogP contribution is -2.29. The van der Waals surface area contributed by atoms with Crippen LogP contribution in [-0.4, -0.2) is 29.3 Å². The van der Waals surface area contributed by atoms with Crippen LogP contribution >= 0.6 is 0 Å². The van der Waals surface area contributed by atoms with Crippen LogP contribution in [0.5, 0.6) is 0 Å². The Labute approximate surface area is 94.5 Å². The molecule has 1 heterocycles. The number of anilines is 1. The van der Waals surface area contributed by atoms with Crippen molar-refractivity contribution in [1.29, 1.82) is 0 Å². The topological polar surface area (TPSA) is 56.1 Å². The number of nitrogens with one attached hydrogen (secondary N) is 1. The van der Waals surface area contributed by atoms with Gasteiger partial charge in [0.25, 0.3) is 5.56 Å². The molecule has 1 unspecified atom stereocenters. The Balaban J connectivity index is 2.14. The number of ether oxygens (including phenoxy) is 1. The van der Waals surface area contributed by atoms with Crippen LogP contribution in [-0.2, 0) is 4.74 Å². The molecule has 5 nitrogen and oxygen atoms in total. The van der Waals surface area contributed by atoms with Crippen LogP contribution in [0.3, 0.4) is 0 Å². The van der Waals surface area contributed by atoms with E-state index in [0.29, 0.717) is 18.5 Å². The van der Waals surface area contributed by atoms with Gasteiger partial charge in [0.1, 0.15) is 0 Å². The molecule has 1 saturated carbocycles. The molecular weight excluding hydrogens is 206 g/mol. The third-order valence-electron chi connectivity index (χ3n) is 2.61. The lowest BCUT2D eigenvalue weighted by Gasteiger charge is -2.13. The first kappa shape index (κ1) is 11.1. The van der Waals surface area contributed by atoms with Crippen molar-refractivity contribution in [2.45, 2.75) is 31.8 Å². The van der Waals surface area contributed by atoms with Crippen molar-refractivity contribution in [3.63, 3.8) is 0 Å². The molecule has 0 aromatic carbocycles.